The monoisotopic (exact) mass is 360 g/mol. The van der Waals surface area contributed by atoms with Crippen molar-refractivity contribution in [1.29, 1.82) is 0 Å². The molecule has 0 fully saturated rings. The van der Waals surface area contributed by atoms with E-state index in [1.54, 1.807) is 12.1 Å². The van der Waals surface area contributed by atoms with E-state index >= 15 is 0 Å². The van der Waals surface area contributed by atoms with Crippen LogP contribution in [-0.2, 0) is 6.42 Å². The molecule has 0 saturated heterocycles. The van der Waals surface area contributed by atoms with Crippen molar-refractivity contribution in [2.45, 2.75) is 12.0 Å². The smallest absolute Gasteiger partial charge is 0.205 e. The Morgan fingerprint density at radius 3 is 2.31 bits per heavy atom. The summed E-state index contributed by atoms with van der Waals surface area (Å²) in [6.45, 7) is -0.210. The van der Waals surface area contributed by atoms with Crippen molar-refractivity contribution in [3.63, 3.8) is 0 Å². The number of ketones is 1. The van der Waals surface area contributed by atoms with E-state index in [1.807, 2.05) is 0 Å². The molecule has 7 heteroatoms. The number of hydrogen-bond donors (Lipinski definition) is 2. The van der Waals surface area contributed by atoms with Crippen LogP contribution in [0, 0.1) is 0 Å². The Morgan fingerprint density at radius 1 is 1.08 bits per heavy atom. The number of methoxy groups -OCH3 is 3. The second kappa shape index (κ2) is 6.76. The second-order valence-electron chi connectivity index (χ2n) is 6.01. The van der Waals surface area contributed by atoms with Gasteiger partial charge in [0.25, 0.3) is 0 Å². The third-order valence-corrected chi connectivity index (χ3v) is 4.34. The van der Waals surface area contributed by atoms with Crippen LogP contribution in [-0.4, -0.2) is 49.5 Å². The number of ether oxygens (including phenoxy) is 4. The van der Waals surface area contributed by atoms with Crippen molar-refractivity contribution < 1.29 is 34.0 Å². The number of Topliss-reactive ketones (excluding diaryl/α,β-unsaturated/α-hetero) is 1. The Hall–Kier alpha value is -2.93. The van der Waals surface area contributed by atoms with Crippen LogP contribution in [0.15, 0.2) is 30.3 Å². The number of phenolic OH excluding ortho intramolecular Hbond substituents is 1. The number of rotatable bonds is 5. The van der Waals surface area contributed by atoms with Gasteiger partial charge in [-0.05, 0) is 17.7 Å². The number of carbonyl (C=O) groups is 1. The van der Waals surface area contributed by atoms with E-state index < -0.39 is 11.4 Å². The molecule has 0 radical (unpaired) electrons. The van der Waals surface area contributed by atoms with Crippen molar-refractivity contribution in [1.82, 2.24) is 0 Å². The summed E-state index contributed by atoms with van der Waals surface area (Å²) in [5.74, 6) is 0.607. The van der Waals surface area contributed by atoms with Crippen LogP contribution in [0.1, 0.15) is 15.9 Å². The minimum atomic E-state index is -1.77. The number of carbonyl (C=O) groups excluding carboxylic acids is 1. The predicted octanol–water partition coefficient (Wildman–Crippen LogP) is 1.97. The van der Waals surface area contributed by atoms with Gasteiger partial charge in [-0.3, -0.25) is 4.79 Å². The summed E-state index contributed by atoms with van der Waals surface area (Å²) in [5.41, 5.74) is -0.973. The van der Waals surface area contributed by atoms with Gasteiger partial charge in [0.15, 0.2) is 17.1 Å². The van der Waals surface area contributed by atoms with Gasteiger partial charge in [-0.25, -0.2) is 0 Å². The Morgan fingerprint density at radius 2 is 1.73 bits per heavy atom. The minimum Gasteiger partial charge on any atom is -0.508 e. The van der Waals surface area contributed by atoms with Gasteiger partial charge in [-0.2, -0.15) is 0 Å². The lowest BCUT2D eigenvalue weighted by atomic mass is 9.84. The number of aliphatic hydroxyl groups is 1. The van der Waals surface area contributed by atoms with Crippen molar-refractivity contribution >= 4 is 5.78 Å². The van der Waals surface area contributed by atoms with Crippen LogP contribution in [0.3, 0.4) is 0 Å². The number of aromatic hydroxyl groups is 1. The largest absolute Gasteiger partial charge is 0.508 e. The summed E-state index contributed by atoms with van der Waals surface area (Å²) in [6, 6.07) is 7.81. The quantitative estimate of drug-likeness (QED) is 0.842. The van der Waals surface area contributed by atoms with Crippen molar-refractivity contribution in [3.8, 4) is 28.7 Å². The van der Waals surface area contributed by atoms with Crippen LogP contribution >= 0.6 is 0 Å². The molecule has 1 unspecified atom stereocenters. The highest BCUT2D eigenvalue weighted by Gasteiger charge is 2.45. The lowest BCUT2D eigenvalue weighted by Crippen LogP contribution is -2.49. The van der Waals surface area contributed by atoms with Crippen molar-refractivity contribution in [3.05, 3.63) is 41.5 Å². The fraction of sp³-hybridized carbons (Fsp3) is 0.316. The average Bonchev–Trinajstić information content (AvgIpc) is 2.65. The molecule has 1 atom stereocenters. The van der Waals surface area contributed by atoms with Crippen LogP contribution in [0.5, 0.6) is 28.7 Å². The SMILES string of the molecule is COc1cc2c(c(OC)c1OC)C(=O)C(O)(Cc1ccc(O)cc1)CO2. The molecule has 0 saturated carbocycles. The molecule has 1 heterocycles. The summed E-state index contributed by atoms with van der Waals surface area (Å²) in [5, 5.41) is 20.3. The fourth-order valence-electron chi connectivity index (χ4n) is 3.04. The first-order valence-electron chi connectivity index (χ1n) is 7.94. The van der Waals surface area contributed by atoms with Gasteiger partial charge in [0.2, 0.25) is 11.5 Å². The summed E-state index contributed by atoms with van der Waals surface area (Å²) >= 11 is 0. The molecule has 138 valence electrons. The average molecular weight is 360 g/mol. The van der Waals surface area contributed by atoms with Crippen molar-refractivity contribution in [2.75, 3.05) is 27.9 Å². The van der Waals surface area contributed by atoms with E-state index in [-0.39, 0.29) is 41.6 Å². The summed E-state index contributed by atoms with van der Waals surface area (Å²) in [6.07, 6.45) is 0.0308. The maximum Gasteiger partial charge on any atom is 0.205 e. The topological polar surface area (TPSA) is 94.5 Å². The Balaban J connectivity index is 2.05. The third-order valence-electron chi connectivity index (χ3n) is 4.34. The van der Waals surface area contributed by atoms with Gasteiger partial charge < -0.3 is 29.2 Å². The van der Waals surface area contributed by atoms with Crippen molar-refractivity contribution in [2.24, 2.45) is 0 Å². The van der Waals surface area contributed by atoms with Crippen LogP contribution < -0.4 is 18.9 Å². The summed E-state index contributed by atoms with van der Waals surface area (Å²) < 4.78 is 21.6. The van der Waals surface area contributed by atoms with Gasteiger partial charge in [0, 0.05) is 12.5 Å². The molecule has 1 aliphatic rings. The molecular formula is C19H20O7. The van der Waals surface area contributed by atoms with E-state index in [9.17, 15) is 15.0 Å². The van der Waals surface area contributed by atoms with Gasteiger partial charge in [-0.1, -0.05) is 12.1 Å². The van der Waals surface area contributed by atoms with Gasteiger partial charge >= 0.3 is 0 Å². The second-order valence-corrected chi connectivity index (χ2v) is 6.01. The van der Waals surface area contributed by atoms with E-state index in [4.69, 9.17) is 18.9 Å². The van der Waals surface area contributed by atoms with Crippen LogP contribution in [0.4, 0.5) is 0 Å². The lowest BCUT2D eigenvalue weighted by molar-refractivity contribution is -0.00250. The highest BCUT2D eigenvalue weighted by Crippen LogP contribution is 2.48. The first-order chi connectivity index (χ1) is 12.4. The lowest BCUT2D eigenvalue weighted by Gasteiger charge is -2.33. The summed E-state index contributed by atoms with van der Waals surface area (Å²) in [4.78, 5) is 13.1. The molecule has 3 rings (SSSR count). The maximum atomic E-state index is 13.1. The number of phenols is 1. The third kappa shape index (κ3) is 2.90. The molecule has 2 N–H and O–H groups in total. The van der Waals surface area contributed by atoms with Gasteiger partial charge in [0.1, 0.15) is 23.7 Å². The Bertz CT molecular complexity index is 829. The van der Waals surface area contributed by atoms with E-state index in [2.05, 4.69) is 0 Å². The number of hydrogen-bond acceptors (Lipinski definition) is 7. The Labute approximate surface area is 150 Å². The highest BCUT2D eigenvalue weighted by molar-refractivity contribution is 6.09. The zero-order valence-corrected chi connectivity index (χ0v) is 14.7. The number of fused-ring (bicyclic) bond motifs is 1. The molecule has 0 bridgehead atoms. The zero-order chi connectivity index (χ0) is 18.9. The molecule has 0 aromatic heterocycles. The van der Waals surface area contributed by atoms with E-state index in [0.29, 0.717) is 11.3 Å². The first kappa shape index (κ1) is 17.9. The van der Waals surface area contributed by atoms with Gasteiger partial charge in [-0.15, -0.1) is 0 Å². The summed E-state index contributed by atoms with van der Waals surface area (Å²) in [7, 11) is 4.30. The Kier molecular flexibility index (Phi) is 4.65. The minimum absolute atomic E-state index is 0.0308. The molecule has 26 heavy (non-hydrogen) atoms. The van der Waals surface area contributed by atoms with Crippen LogP contribution in [0.25, 0.3) is 0 Å². The molecular weight excluding hydrogens is 340 g/mol. The highest BCUT2D eigenvalue weighted by atomic mass is 16.5. The van der Waals surface area contributed by atoms with Gasteiger partial charge in [0.05, 0.1) is 21.3 Å². The van der Waals surface area contributed by atoms with E-state index in [0.717, 1.165) is 0 Å². The molecule has 0 spiro atoms. The molecule has 0 amide bonds. The fourth-order valence-corrected chi connectivity index (χ4v) is 3.04. The molecule has 1 aliphatic heterocycles. The molecule has 0 aliphatic carbocycles. The molecule has 2 aromatic carbocycles. The predicted molar refractivity (Wildman–Crippen MR) is 92.7 cm³/mol. The zero-order valence-electron chi connectivity index (χ0n) is 14.7. The maximum absolute atomic E-state index is 13.1. The normalized spacial score (nSPS) is 18.7. The standard InChI is InChI=1S/C19H20O7/c1-23-14-8-13-15(17(25-3)16(14)24-2)18(21)19(22,10-26-13)9-11-4-6-12(20)7-5-11/h4-8,20,22H,9-10H2,1-3H3. The first-order valence-corrected chi connectivity index (χ1v) is 7.94. The molecule has 2 aromatic rings. The molecule has 7 nitrogen and oxygen atoms in total. The van der Waals surface area contributed by atoms with E-state index in [1.165, 1.54) is 39.5 Å². The van der Waals surface area contributed by atoms with Crippen LogP contribution in [0.2, 0.25) is 0 Å². The number of benzene rings is 2.